The lowest BCUT2D eigenvalue weighted by atomic mass is 9.89. The van der Waals surface area contributed by atoms with Crippen LogP contribution in [-0.4, -0.2) is 62.4 Å². The Morgan fingerprint density at radius 1 is 1.48 bits per heavy atom. The van der Waals surface area contributed by atoms with E-state index in [1.807, 2.05) is 13.8 Å². The molecule has 0 aromatic carbocycles. The van der Waals surface area contributed by atoms with Gasteiger partial charge in [-0.15, -0.1) is 0 Å². The molecule has 4 unspecified atom stereocenters. The van der Waals surface area contributed by atoms with Crippen LogP contribution in [0.15, 0.2) is 0 Å². The Kier molecular flexibility index (Phi) is 7.10. The Hall–Kier alpha value is -0.650. The average molecular weight is 300 g/mol. The van der Waals surface area contributed by atoms with Crippen molar-refractivity contribution in [2.45, 2.75) is 58.2 Å². The Morgan fingerprint density at radius 2 is 2.14 bits per heavy atom. The van der Waals surface area contributed by atoms with E-state index in [-0.39, 0.29) is 12.1 Å². The standard InChI is InChI=1S/C16H32N2O3/c1-7-17-16(4,15(19)21-6)10-13(3)18-9-8-12(2)14(11-18)20-5/h12-14,17H,7-11H2,1-6H3. The molecule has 0 radical (unpaired) electrons. The molecule has 1 aliphatic rings. The zero-order valence-corrected chi connectivity index (χ0v) is 14.4. The Morgan fingerprint density at radius 3 is 2.67 bits per heavy atom. The van der Waals surface area contributed by atoms with Gasteiger partial charge in [0, 0.05) is 19.7 Å². The van der Waals surface area contributed by atoms with Crippen LogP contribution in [0, 0.1) is 5.92 Å². The van der Waals surface area contributed by atoms with E-state index < -0.39 is 5.54 Å². The van der Waals surface area contributed by atoms with Crippen LogP contribution in [0.25, 0.3) is 0 Å². The topological polar surface area (TPSA) is 50.8 Å². The first-order valence-corrected chi connectivity index (χ1v) is 7.98. The van der Waals surface area contributed by atoms with Crippen molar-refractivity contribution in [2.24, 2.45) is 5.92 Å². The SMILES string of the molecule is CCNC(C)(CC(C)N1CCC(C)C(OC)C1)C(=O)OC. The van der Waals surface area contributed by atoms with Gasteiger partial charge in [-0.25, -0.2) is 0 Å². The normalized spacial score (nSPS) is 27.9. The summed E-state index contributed by atoms with van der Waals surface area (Å²) in [5.41, 5.74) is -0.630. The van der Waals surface area contributed by atoms with Crippen LogP contribution in [0.3, 0.4) is 0 Å². The number of hydrogen-bond donors (Lipinski definition) is 1. The number of ether oxygens (including phenoxy) is 2. The molecule has 0 spiro atoms. The van der Waals surface area contributed by atoms with Gasteiger partial charge in [-0.1, -0.05) is 13.8 Å². The number of nitrogens with one attached hydrogen (secondary N) is 1. The molecule has 0 bridgehead atoms. The predicted octanol–water partition coefficient (Wildman–Crippen LogP) is 1.66. The lowest BCUT2D eigenvalue weighted by Crippen LogP contribution is -2.56. The number of methoxy groups -OCH3 is 2. The van der Waals surface area contributed by atoms with Crippen molar-refractivity contribution in [1.29, 1.82) is 0 Å². The molecule has 0 saturated carbocycles. The van der Waals surface area contributed by atoms with Crippen LogP contribution in [-0.2, 0) is 14.3 Å². The molecule has 0 aliphatic carbocycles. The van der Waals surface area contributed by atoms with Crippen LogP contribution in [0.1, 0.15) is 40.5 Å². The first-order chi connectivity index (χ1) is 9.87. The summed E-state index contributed by atoms with van der Waals surface area (Å²) in [6.45, 7) is 11.1. The highest BCUT2D eigenvalue weighted by atomic mass is 16.5. The number of carbonyl (C=O) groups is 1. The van der Waals surface area contributed by atoms with Crippen molar-refractivity contribution in [2.75, 3.05) is 33.9 Å². The van der Waals surface area contributed by atoms with Crippen LogP contribution < -0.4 is 5.32 Å². The maximum Gasteiger partial charge on any atom is 0.325 e. The van der Waals surface area contributed by atoms with Gasteiger partial charge in [0.05, 0.1) is 13.2 Å². The number of carbonyl (C=O) groups excluding carboxylic acids is 1. The molecule has 5 nitrogen and oxygen atoms in total. The van der Waals surface area contributed by atoms with E-state index in [4.69, 9.17) is 9.47 Å². The number of piperidine rings is 1. The summed E-state index contributed by atoms with van der Waals surface area (Å²) in [4.78, 5) is 14.5. The molecule has 1 saturated heterocycles. The van der Waals surface area contributed by atoms with Gasteiger partial charge in [-0.3, -0.25) is 9.69 Å². The zero-order chi connectivity index (χ0) is 16.0. The summed E-state index contributed by atoms with van der Waals surface area (Å²) in [7, 11) is 3.23. The van der Waals surface area contributed by atoms with Crippen LogP contribution >= 0.6 is 0 Å². The third-order valence-electron chi connectivity index (χ3n) is 4.75. The van der Waals surface area contributed by atoms with Crippen molar-refractivity contribution in [1.82, 2.24) is 10.2 Å². The minimum Gasteiger partial charge on any atom is -0.468 e. The second-order valence-electron chi connectivity index (χ2n) is 6.44. The highest BCUT2D eigenvalue weighted by molar-refractivity contribution is 5.80. The van der Waals surface area contributed by atoms with Gasteiger partial charge in [-0.2, -0.15) is 0 Å². The molecule has 1 N–H and O–H groups in total. The molecule has 21 heavy (non-hydrogen) atoms. The second kappa shape index (κ2) is 8.11. The number of nitrogens with zero attached hydrogens (tertiary/aromatic N) is 1. The third-order valence-corrected chi connectivity index (χ3v) is 4.75. The lowest BCUT2D eigenvalue weighted by molar-refractivity contribution is -0.149. The summed E-state index contributed by atoms with van der Waals surface area (Å²) in [5.74, 6) is 0.407. The van der Waals surface area contributed by atoms with Gasteiger partial charge >= 0.3 is 5.97 Å². The van der Waals surface area contributed by atoms with E-state index in [2.05, 4.69) is 24.1 Å². The molecular formula is C16H32N2O3. The number of rotatable bonds is 7. The molecule has 1 rings (SSSR count). The molecule has 4 atom stereocenters. The molecule has 1 heterocycles. The third kappa shape index (κ3) is 4.66. The van der Waals surface area contributed by atoms with E-state index in [0.717, 1.165) is 32.5 Å². The smallest absolute Gasteiger partial charge is 0.325 e. The van der Waals surface area contributed by atoms with Gasteiger partial charge in [0.25, 0.3) is 0 Å². The van der Waals surface area contributed by atoms with Gasteiger partial charge < -0.3 is 14.8 Å². The first-order valence-electron chi connectivity index (χ1n) is 7.98. The Labute approximate surface area is 129 Å². The summed E-state index contributed by atoms with van der Waals surface area (Å²) in [5, 5.41) is 3.28. The van der Waals surface area contributed by atoms with E-state index in [1.165, 1.54) is 7.11 Å². The fourth-order valence-corrected chi connectivity index (χ4v) is 3.33. The summed E-state index contributed by atoms with van der Waals surface area (Å²) in [6, 6.07) is 0.304. The highest BCUT2D eigenvalue weighted by Crippen LogP contribution is 2.25. The van der Waals surface area contributed by atoms with Crippen LogP contribution in [0.5, 0.6) is 0 Å². The van der Waals surface area contributed by atoms with Crippen molar-refractivity contribution in [3.63, 3.8) is 0 Å². The number of likely N-dealkylation sites (tertiary alicyclic amines) is 1. The number of esters is 1. The number of hydrogen-bond acceptors (Lipinski definition) is 5. The summed E-state index contributed by atoms with van der Waals surface area (Å²) in [6.07, 6.45) is 2.15. The van der Waals surface area contributed by atoms with Crippen molar-refractivity contribution >= 4 is 5.97 Å². The second-order valence-corrected chi connectivity index (χ2v) is 6.44. The first kappa shape index (κ1) is 18.4. The molecule has 5 heteroatoms. The maximum absolute atomic E-state index is 12.1. The minimum atomic E-state index is -0.630. The van der Waals surface area contributed by atoms with Crippen LogP contribution in [0.4, 0.5) is 0 Å². The maximum atomic E-state index is 12.1. The van der Waals surface area contributed by atoms with Gasteiger partial charge in [-0.05, 0) is 45.7 Å². The Bertz CT molecular complexity index is 337. The molecular weight excluding hydrogens is 268 g/mol. The largest absolute Gasteiger partial charge is 0.468 e. The molecule has 0 aromatic heterocycles. The fraction of sp³-hybridized carbons (Fsp3) is 0.938. The van der Waals surface area contributed by atoms with Crippen molar-refractivity contribution < 1.29 is 14.3 Å². The van der Waals surface area contributed by atoms with E-state index in [0.29, 0.717) is 12.0 Å². The van der Waals surface area contributed by atoms with Gasteiger partial charge in [0.15, 0.2) is 0 Å². The minimum absolute atomic E-state index is 0.190. The van der Waals surface area contributed by atoms with Crippen molar-refractivity contribution in [3.05, 3.63) is 0 Å². The quantitative estimate of drug-likeness (QED) is 0.725. The monoisotopic (exact) mass is 300 g/mol. The lowest BCUT2D eigenvalue weighted by Gasteiger charge is -2.42. The fourth-order valence-electron chi connectivity index (χ4n) is 3.33. The molecule has 1 aliphatic heterocycles. The number of likely N-dealkylation sites (N-methyl/N-ethyl adjacent to an activating group) is 1. The predicted molar refractivity (Wildman–Crippen MR) is 84.3 cm³/mol. The molecule has 1 fully saturated rings. The van der Waals surface area contributed by atoms with E-state index in [9.17, 15) is 4.79 Å². The Balaban J connectivity index is 2.69. The summed E-state index contributed by atoms with van der Waals surface area (Å²) >= 11 is 0. The highest BCUT2D eigenvalue weighted by Gasteiger charge is 2.38. The van der Waals surface area contributed by atoms with E-state index in [1.54, 1.807) is 7.11 Å². The van der Waals surface area contributed by atoms with Gasteiger partial charge in [0.2, 0.25) is 0 Å². The van der Waals surface area contributed by atoms with Gasteiger partial charge in [0.1, 0.15) is 5.54 Å². The molecule has 124 valence electrons. The molecule has 0 amide bonds. The van der Waals surface area contributed by atoms with Crippen molar-refractivity contribution in [3.8, 4) is 0 Å². The molecule has 0 aromatic rings. The summed E-state index contributed by atoms with van der Waals surface area (Å²) < 4.78 is 10.6. The van der Waals surface area contributed by atoms with E-state index >= 15 is 0 Å². The van der Waals surface area contributed by atoms with Crippen LogP contribution in [0.2, 0.25) is 0 Å². The zero-order valence-electron chi connectivity index (χ0n) is 14.4. The average Bonchev–Trinajstić information content (AvgIpc) is 2.46.